The third-order valence-corrected chi connectivity index (χ3v) is 5.83. The number of aryl methyl sites for hydroxylation is 3. The van der Waals surface area contributed by atoms with Crippen molar-refractivity contribution in [3.05, 3.63) is 53.1 Å². The molecule has 1 saturated heterocycles. The van der Waals surface area contributed by atoms with E-state index in [1.165, 1.54) is 0 Å². The van der Waals surface area contributed by atoms with Gasteiger partial charge in [-0.2, -0.15) is 5.10 Å². The van der Waals surface area contributed by atoms with Crippen LogP contribution < -0.4 is 0 Å². The number of rotatable bonds is 2. The number of aromatic amines is 1. The monoisotopic (exact) mass is 388 g/mol. The number of fused-ring (bicyclic) bond motifs is 2. The van der Waals surface area contributed by atoms with Gasteiger partial charge in [-0.3, -0.25) is 9.48 Å². The van der Waals surface area contributed by atoms with Crippen LogP contribution in [-0.4, -0.2) is 48.6 Å². The lowest BCUT2D eigenvalue weighted by Gasteiger charge is -2.32. The smallest absolute Gasteiger partial charge is 0.254 e. The Morgan fingerprint density at radius 1 is 1.21 bits per heavy atom. The Kier molecular flexibility index (Phi) is 4.12. The predicted molar refractivity (Wildman–Crippen MR) is 112 cm³/mol. The van der Waals surface area contributed by atoms with Gasteiger partial charge in [-0.25, -0.2) is 9.97 Å². The van der Waals surface area contributed by atoms with E-state index in [-0.39, 0.29) is 11.8 Å². The Labute approximate surface area is 168 Å². The van der Waals surface area contributed by atoms with Crippen LogP contribution in [0.25, 0.3) is 22.1 Å². The average Bonchev–Trinajstić information content (AvgIpc) is 3.28. The summed E-state index contributed by atoms with van der Waals surface area (Å²) in [6, 6.07) is 9.96. The molecule has 0 saturated carbocycles. The van der Waals surface area contributed by atoms with Crippen LogP contribution in [-0.2, 0) is 7.05 Å². The summed E-state index contributed by atoms with van der Waals surface area (Å²) in [5.74, 6) is 1.24. The van der Waals surface area contributed by atoms with E-state index < -0.39 is 0 Å². The van der Waals surface area contributed by atoms with Gasteiger partial charge in [-0.05, 0) is 44.9 Å². The molecule has 1 aromatic carbocycles. The second-order valence-corrected chi connectivity index (χ2v) is 7.95. The highest BCUT2D eigenvalue weighted by Crippen LogP contribution is 2.29. The van der Waals surface area contributed by atoms with E-state index in [0.29, 0.717) is 12.1 Å². The maximum Gasteiger partial charge on any atom is 0.254 e. The predicted octanol–water partition coefficient (Wildman–Crippen LogP) is 3.48. The van der Waals surface area contributed by atoms with Crippen molar-refractivity contribution in [1.29, 1.82) is 0 Å². The van der Waals surface area contributed by atoms with Crippen LogP contribution in [0.5, 0.6) is 0 Å². The molecule has 4 aromatic rings. The summed E-state index contributed by atoms with van der Waals surface area (Å²) in [7, 11) is 1.87. The lowest BCUT2D eigenvalue weighted by molar-refractivity contribution is 0.0706. The van der Waals surface area contributed by atoms with Crippen LogP contribution in [0.4, 0.5) is 0 Å². The van der Waals surface area contributed by atoms with E-state index in [1.54, 1.807) is 4.68 Å². The highest BCUT2D eigenvalue weighted by molar-refractivity contribution is 6.06. The minimum absolute atomic E-state index is 0.0532. The standard InChI is InChI=1S/C22H24N6O/c1-13-11-16(19-14(2)26-27(3)21(19)23-13)22(29)28-10-6-7-15(12-28)20-24-17-8-4-5-9-18(17)25-20/h4-5,8-9,11,15H,6-7,10,12H2,1-3H3,(H,24,25)/t15-/m1/s1. The minimum Gasteiger partial charge on any atom is -0.342 e. The molecule has 0 radical (unpaired) electrons. The maximum absolute atomic E-state index is 13.5. The number of hydrogen-bond donors (Lipinski definition) is 1. The third kappa shape index (κ3) is 2.97. The van der Waals surface area contributed by atoms with Crippen LogP contribution in [0, 0.1) is 13.8 Å². The Bertz CT molecular complexity index is 1200. The fraction of sp³-hybridized carbons (Fsp3) is 0.364. The molecule has 1 aliphatic heterocycles. The number of carbonyl (C=O) groups is 1. The molecule has 0 unspecified atom stereocenters. The molecule has 4 heterocycles. The maximum atomic E-state index is 13.5. The number of benzene rings is 1. The van der Waals surface area contributed by atoms with Crippen molar-refractivity contribution >= 4 is 28.0 Å². The molecule has 5 rings (SSSR count). The van der Waals surface area contributed by atoms with Crippen molar-refractivity contribution in [1.82, 2.24) is 29.6 Å². The summed E-state index contributed by atoms with van der Waals surface area (Å²) in [5, 5.41) is 5.33. The van der Waals surface area contributed by atoms with Crippen LogP contribution >= 0.6 is 0 Å². The Morgan fingerprint density at radius 3 is 2.86 bits per heavy atom. The van der Waals surface area contributed by atoms with Gasteiger partial charge in [0.25, 0.3) is 5.91 Å². The van der Waals surface area contributed by atoms with Crippen LogP contribution in [0.2, 0.25) is 0 Å². The number of nitrogens with one attached hydrogen (secondary N) is 1. The van der Waals surface area contributed by atoms with Gasteiger partial charge in [-0.1, -0.05) is 12.1 Å². The van der Waals surface area contributed by atoms with Gasteiger partial charge in [0.2, 0.25) is 0 Å². The summed E-state index contributed by atoms with van der Waals surface area (Å²) in [5.41, 5.74) is 5.14. The zero-order chi connectivity index (χ0) is 20.1. The van der Waals surface area contributed by atoms with Gasteiger partial charge in [0.05, 0.1) is 27.7 Å². The number of nitrogens with zero attached hydrogens (tertiary/aromatic N) is 5. The molecule has 0 bridgehead atoms. The molecule has 1 amide bonds. The molecule has 3 aromatic heterocycles. The van der Waals surface area contributed by atoms with Crippen LogP contribution in [0.3, 0.4) is 0 Å². The van der Waals surface area contributed by atoms with Crippen molar-refractivity contribution in [2.45, 2.75) is 32.6 Å². The van der Waals surface area contributed by atoms with E-state index in [9.17, 15) is 4.79 Å². The Morgan fingerprint density at radius 2 is 2.03 bits per heavy atom. The molecular weight excluding hydrogens is 364 g/mol. The Hall–Kier alpha value is -3.22. The zero-order valence-electron chi connectivity index (χ0n) is 16.9. The highest BCUT2D eigenvalue weighted by atomic mass is 16.2. The van der Waals surface area contributed by atoms with Gasteiger partial charge in [0, 0.05) is 31.7 Å². The highest BCUT2D eigenvalue weighted by Gasteiger charge is 2.29. The van der Waals surface area contributed by atoms with Gasteiger partial charge in [0.1, 0.15) is 5.82 Å². The van der Waals surface area contributed by atoms with Crippen molar-refractivity contribution < 1.29 is 4.79 Å². The molecule has 29 heavy (non-hydrogen) atoms. The van der Waals surface area contributed by atoms with Gasteiger partial charge in [0.15, 0.2) is 5.65 Å². The minimum atomic E-state index is 0.0532. The van der Waals surface area contributed by atoms with E-state index in [0.717, 1.165) is 58.7 Å². The van der Waals surface area contributed by atoms with E-state index >= 15 is 0 Å². The number of pyridine rings is 1. The number of carbonyl (C=O) groups excluding carboxylic acids is 1. The summed E-state index contributed by atoms with van der Waals surface area (Å²) in [4.78, 5) is 28.3. The van der Waals surface area contributed by atoms with Gasteiger partial charge >= 0.3 is 0 Å². The number of amides is 1. The lowest BCUT2D eigenvalue weighted by atomic mass is 9.96. The first-order chi connectivity index (χ1) is 14.0. The second kappa shape index (κ2) is 6.69. The van der Waals surface area contributed by atoms with Gasteiger partial charge in [-0.15, -0.1) is 0 Å². The van der Waals surface area contributed by atoms with Crippen molar-refractivity contribution in [2.75, 3.05) is 13.1 Å². The van der Waals surface area contributed by atoms with Crippen molar-refractivity contribution in [2.24, 2.45) is 7.05 Å². The second-order valence-electron chi connectivity index (χ2n) is 7.95. The number of piperidine rings is 1. The van der Waals surface area contributed by atoms with E-state index in [2.05, 4.69) is 15.1 Å². The zero-order valence-corrected chi connectivity index (χ0v) is 16.9. The molecule has 1 fully saturated rings. The van der Waals surface area contributed by atoms with E-state index in [4.69, 9.17) is 4.98 Å². The molecular formula is C22H24N6O. The van der Waals surface area contributed by atoms with Crippen LogP contribution in [0.15, 0.2) is 30.3 Å². The number of aromatic nitrogens is 5. The summed E-state index contributed by atoms with van der Waals surface area (Å²) in [6.45, 7) is 5.29. The summed E-state index contributed by atoms with van der Waals surface area (Å²) >= 11 is 0. The Balaban J connectivity index is 1.48. The molecule has 1 atom stereocenters. The van der Waals surface area contributed by atoms with Crippen molar-refractivity contribution in [3.63, 3.8) is 0 Å². The first kappa shape index (κ1) is 17.8. The molecule has 0 spiro atoms. The number of H-pyrrole nitrogens is 1. The SMILES string of the molecule is Cc1cc(C(=O)N2CCC[C@@H](c3nc4ccccc4[nH]3)C2)c2c(C)nn(C)c2n1. The molecule has 0 aliphatic carbocycles. The largest absolute Gasteiger partial charge is 0.342 e. The number of imidazole rings is 1. The fourth-order valence-corrected chi connectivity index (χ4v) is 4.46. The molecule has 7 heteroatoms. The summed E-state index contributed by atoms with van der Waals surface area (Å²) < 4.78 is 1.75. The summed E-state index contributed by atoms with van der Waals surface area (Å²) in [6.07, 6.45) is 1.99. The fourth-order valence-electron chi connectivity index (χ4n) is 4.46. The van der Waals surface area contributed by atoms with Crippen LogP contribution in [0.1, 0.15) is 46.3 Å². The molecule has 7 nitrogen and oxygen atoms in total. The quantitative estimate of drug-likeness (QED) is 0.570. The van der Waals surface area contributed by atoms with Crippen molar-refractivity contribution in [3.8, 4) is 0 Å². The molecule has 1 aliphatic rings. The topological polar surface area (TPSA) is 79.7 Å². The number of hydrogen-bond acceptors (Lipinski definition) is 4. The lowest BCUT2D eigenvalue weighted by Crippen LogP contribution is -2.39. The molecule has 148 valence electrons. The number of likely N-dealkylation sites (tertiary alicyclic amines) is 1. The number of para-hydroxylation sites is 2. The van der Waals surface area contributed by atoms with E-state index in [1.807, 2.05) is 56.1 Å². The normalized spacial score (nSPS) is 17.3. The molecule has 1 N–H and O–H groups in total. The first-order valence-electron chi connectivity index (χ1n) is 10.1. The third-order valence-electron chi connectivity index (χ3n) is 5.83. The van der Waals surface area contributed by atoms with Gasteiger partial charge < -0.3 is 9.88 Å². The average molecular weight is 388 g/mol. The first-order valence-corrected chi connectivity index (χ1v) is 10.1.